The van der Waals surface area contributed by atoms with Gasteiger partial charge < -0.3 is 14.8 Å². The number of aryl methyl sites for hydroxylation is 1. The van der Waals surface area contributed by atoms with Crippen molar-refractivity contribution in [2.24, 2.45) is 0 Å². The van der Waals surface area contributed by atoms with E-state index in [-0.39, 0.29) is 0 Å². The normalized spacial score (nSPS) is 11.8. The van der Waals surface area contributed by atoms with E-state index in [1.54, 1.807) is 6.08 Å². The van der Waals surface area contributed by atoms with Crippen LogP contribution in [0, 0.1) is 0 Å². The van der Waals surface area contributed by atoms with Crippen LogP contribution in [0.2, 0.25) is 0 Å². The first-order chi connectivity index (χ1) is 12.2. The monoisotopic (exact) mass is 339 g/mol. The van der Waals surface area contributed by atoms with E-state index in [9.17, 15) is 0 Å². The van der Waals surface area contributed by atoms with Crippen molar-refractivity contribution in [1.29, 1.82) is 0 Å². The first-order valence-electron chi connectivity index (χ1n) is 8.99. The smallest absolute Gasteiger partial charge is 0.161 e. The molecule has 0 aliphatic rings. The fraction of sp³-hybridized carbons (Fsp3) is 0.364. The van der Waals surface area contributed by atoms with Gasteiger partial charge in [0.15, 0.2) is 11.5 Å². The van der Waals surface area contributed by atoms with Crippen LogP contribution in [0.1, 0.15) is 31.4 Å². The Kier molecular flexibility index (Phi) is 8.06. The summed E-state index contributed by atoms with van der Waals surface area (Å²) in [7, 11) is 0. The zero-order valence-electron chi connectivity index (χ0n) is 15.3. The molecule has 0 unspecified atom stereocenters. The number of hydrogen-bond acceptors (Lipinski definition) is 3. The topological polar surface area (TPSA) is 30.5 Å². The van der Waals surface area contributed by atoms with Gasteiger partial charge in [-0.1, -0.05) is 49.1 Å². The third-order valence-corrected chi connectivity index (χ3v) is 4.03. The highest BCUT2D eigenvalue weighted by Crippen LogP contribution is 2.28. The Hall–Kier alpha value is -2.26. The van der Waals surface area contributed by atoms with Crippen molar-refractivity contribution in [3.05, 3.63) is 72.3 Å². The molecule has 1 atom stereocenters. The Morgan fingerprint density at radius 1 is 1.04 bits per heavy atom. The highest BCUT2D eigenvalue weighted by molar-refractivity contribution is 5.43. The standard InChI is InChI=1S/C22H29NO2/c1-4-15-25-21-14-13-20(16-22(21)24-5-2)17-23-18(3)11-12-19-9-7-6-8-10-19/h4,6-10,13-14,16,18,23H,1,5,11-12,15,17H2,2-3H3/t18-/m1/s1. The maximum Gasteiger partial charge on any atom is 0.161 e. The summed E-state index contributed by atoms with van der Waals surface area (Å²) in [5.74, 6) is 1.56. The SMILES string of the molecule is C=CCOc1ccc(CN[C@H](C)CCc2ccccc2)cc1OCC. The summed E-state index contributed by atoms with van der Waals surface area (Å²) in [4.78, 5) is 0. The van der Waals surface area contributed by atoms with Gasteiger partial charge in [0.1, 0.15) is 6.61 Å². The van der Waals surface area contributed by atoms with Gasteiger partial charge in [0, 0.05) is 12.6 Å². The predicted octanol–water partition coefficient (Wildman–Crippen LogP) is 4.76. The summed E-state index contributed by atoms with van der Waals surface area (Å²) in [6.45, 7) is 9.81. The number of ether oxygens (including phenoxy) is 2. The van der Waals surface area contributed by atoms with Crippen LogP contribution in [0.25, 0.3) is 0 Å². The van der Waals surface area contributed by atoms with Gasteiger partial charge in [-0.2, -0.15) is 0 Å². The molecule has 0 bridgehead atoms. The molecule has 2 aromatic rings. The average molecular weight is 339 g/mol. The molecule has 1 N–H and O–H groups in total. The van der Waals surface area contributed by atoms with E-state index >= 15 is 0 Å². The molecule has 3 nitrogen and oxygen atoms in total. The molecule has 0 aliphatic heterocycles. The van der Waals surface area contributed by atoms with Gasteiger partial charge >= 0.3 is 0 Å². The molecule has 0 spiro atoms. The van der Waals surface area contributed by atoms with E-state index in [1.165, 1.54) is 11.1 Å². The highest BCUT2D eigenvalue weighted by Gasteiger charge is 2.08. The second kappa shape index (κ2) is 10.6. The van der Waals surface area contributed by atoms with Gasteiger partial charge in [0.25, 0.3) is 0 Å². The number of benzene rings is 2. The van der Waals surface area contributed by atoms with Gasteiger partial charge in [-0.05, 0) is 49.9 Å². The Balaban J connectivity index is 1.86. The van der Waals surface area contributed by atoms with Gasteiger partial charge in [-0.25, -0.2) is 0 Å². The second-order valence-electron chi connectivity index (χ2n) is 6.12. The van der Waals surface area contributed by atoms with E-state index in [2.05, 4.69) is 61.3 Å². The minimum atomic E-state index is 0.451. The van der Waals surface area contributed by atoms with Gasteiger partial charge in [0.05, 0.1) is 6.61 Å². The van der Waals surface area contributed by atoms with Crippen LogP contribution >= 0.6 is 0 Å². The Bertz CT molecular complexity index is 640. The largest absolute Gasteiger partial charge is 0.490 e. The van der Waals surface area contributed by atoms with Crippen molar-refractivity contribution in [2.45, 2.75) is 39.3 Å². The lowest BCUT2D eigenvalue weighted by Gasteiger charge is -2.16. The molecule has 0 heterocycles. The van der Waals surface area contributed by atoms with Gasteiger partial charge in [0.2, 0.25) is 0 Å². The molecule has 0 fully saturated rings. The Morgan fingerprint density at radius 3 is 2.56 bits per heavy atom. The summed E-state index contributed by atoms with van der Waals surface area (Å²) >= 11 is 0. The van der Waals surface area contributed by atoms with Gasteiger partial charge in [-0.3, -0.25) is 0 Å². The zero-order chi connectivity index (χ0) is 17.9. The van der Waals surface area contributed by atoms with E-state index in [0.29, 0.717) is 19.3 Å². The molecule has 0 aromatic heterocycles. The van der Waals surface area contributed by atoms with Crippen molar-refractivity contribution in [3.63, 3.8) is 0 Å². The van der Waals surface area contributed by atoms with Crippen molar-refractivity contribution in [1.82, 2.24) is 5.32 Å². The Labute approximate surface area is 151 Å². The van der Waals surface area contributed by atoms with Crippen LogP contribution in [-0.4, -0.2) is 19.3 Å². The van der Waals surface area contributed by atoms with Gasteiger partial charge in [-0.15, -0.1) is 0 Å². The molecule has 3 heteroatoms. The molecular weight excluding hydrogens is 310 g/mol. The minimum Gasteiger partial charge on any atom is -0.490 e. The van der Waals surface area contributed by atoms with E-state index in [4.69, 9.17) is 9.47 Å². The molecular formula is C22H29NO2. The van der Waals surface area contributed by atoms with Crippen molar-refractivity contribution in [2.75, 3.05) is 13.2 Å². The summed E-state index contributed by atoms with van der Waals surface area (Å²) < 4.78 is 11.3. The third-order valence-electron chi connectivity index (χ3n) is 4.03. The fourth-order valence-electron chi connectivity index (χ4n) is 2.62. The molecule has 134 valence electrons. The average Bonchev–Trinajstić information content (AvgIpc) is 2.65. The van der Waals surface area contributed by atoms with Crippen LogP contribution in [0.3, 0.4) is 0 Å². The molecule has 0 saturated heterocycles. The summed E-state index contributed by atoms with van der Waals surface area (Å²) in [6.07, 6.45) is 3.94. The first-order valence-corrected chi connectivity index (χ1v) is 8.99. The van der Waals surface area contributed by atoms with Crippen molar-refractivity contribution < 1.29 is 9.47 Å². The Morgan fingerprint density at radius 2 is 1.84 bits per heavy atom. The van der Waals surface area contributed by atoms with Crippen LogP contribution < -0.4 is 14.8 Å². The fourth-order valence-corrected chi connectivity index (χ4v) is 2.62. The van der Waals surface area contributed by atoms with E-state index in [1.807, 2.05) is 13.0 Å². The van der Waals surface area contributed by atoms with Crippen molar-refractivity contribution in [3.8, 4) is 11.5 Å². The quantitative estimate of drug-likeness (QED) is 0.599. The molecule has 0 aliphatic carbocycles. The lowest BCUT2D eigenvalue weighted by molar-refractivity contribution is 0.296. The highest BCUT2D eigenvalue weighted by atomic mass is 16.5. The molecule has 25 heavy (non-hydrogen) atoms. The number of hydrogen-bond donors (Lipinski definition) is 1. The predicted molar refractivity (Wildman–Crippen MR) is 104 cm³/mol. The van der Waals surface area contributed by atoms with Crippen LogP contribution in [0.15, 0.2) is 61.2 Å². The molecule has 2 rings (SSSR count). The van der Waals surface area contributed by atoms with Crippen LogP contribution in [0.5, 0.6) is 11.5 Å². The lowest BCUT2D eigenvalue weighted by Crippen LogP contribution is -2.26. The second-order valence-corrected chi connectivity index (χ2v) is 6.12. The summed E-state index contributed by atoms with van der Waals surface area (Å²) in [6, 6.07) is 17.2. The van der Waals surface area contributed by atoms with Crippen LogP contribution in [-0.2, 0) is 13.0 Å². The molecule has 0 radical (unpaired) electrons. The minimum absolute atomic E-state index is 0.451. The third kappa shape index (κ3) is 6.63. The summed E-state index contributed by atoms with van der Waals surface area (Å²) in [5, 5.41) is 3.59. The van der Waals surface area contributed by atoms with Crippen molar-refractivity contribution >= 4 is 0 Å². The van der Waals surface area contributed by atoms with Crippen LogP contribution in [0.4, 0.5) is 0 Å². The van der Waals surface area contributed by atoms with E-state index in [0.717, 1.165) is 30.9 Å². The first kappa shape index (κ1) is 19.1. The molecule has 2 aromatic carbocycles. The molecule has 0 amide bonds. The van der Waals surface area contributed by atoms with E-state index < -0.39 is 0 Å². The molecule has 0 saturated carbocycles. The number of nitrogens with one attached hydrogen (secondary N) is 1. The summed E-state index contributed by atoms with van der Waals surface area (Å²) in [5.41, 5.74) is 2.58. The maximum atomic E-state index is 5.70. The number of rotatable bonds is 11. The lowest BCUT2D eigenvalue weighted by atomic mass is 10.1. The maximum absolute atomic E-state index is 5.70. The zero-order valence-corrected chi connectivity index (χ0v) is 15.3.